The molecule has 5 heteroatoms. The maximum Gasteiger partial charge on any atom is 0.417 e. The molecule has 82 valence electrons. The number of aliphatic hydroxyl groups excluding tert-OH is 1. The van der Waals surface area contributed by atoms with Crippen molar-refractivity contribution >= 4 is 22.0 Å². The number of aliphatic hydroxyl groups is 1. The molecule has 0 aromatic heterocycles. The van der Waals surface area contributed by atoms with Gasteiger partial charge in [0, 0.05) is 4.47 Å². The van der Waals surface area contributed by atoms with E-state index >= 15 is 0 Å². The van der Waals surface area contributed by atoms with E-state index in [4.69, 9.17) is 5.11 Å². The SMILES string of the molecule is OCC=Cc1ccc(Br)cc1C(F)(F)F. The smallest absolute Gasteiger partial charge is 0.392 e. The molecule has 0 aliphatic rings. The van der Waals surface area contributed by atoms with Gasteiger partial charge in [0.1, 0.15) is 0 Å². The number of hydrogen-bond donors (Lipinski definition) is 1. The molecule has 0 aliphatic heterocycles. The van der Waals surface area contributed by atoms with Gasteiger partial charge >= 0.3 is 6.18 Å². The number of hydrogen-bond acceptors (Lipinski definition) is 1. The first-order valence-electron chi connectivity index (χ1n) is 4.09. The Labute approximate surface area is 93.4 Å². The van der Waals surface area contributed by atoms with Crippen LogP contribution in [0.25, 0.3) is 6.08 Å². The van der Waals surface area contributed by atoms with Gasteiger partial charge in [0.2, 0.25) is 0 Å². The van der Waals surface area contributed by atoms with Gasteiger partial charge in [0.15, 0.2) is 0 Å². The fourth-order valence-corrected chi connectivity index (χ4v) is 1.46. The summed E-state index contributed by atoms with van der Waals surface area (Å²) in [6.07, 6.45) is -1.88. The summed E-state index contributed by atoms with van der Waals surface area (Å²) in [6.45, 7) is -0.284. The van der Waals surface area contributed by atoms with Crippen molar-refractivity contribution in [2.75, 3.05) is 6.61 Å². The Morgan fingerprint density at radius 2 is 2.00 bits per heavy atom. The predicted molar refractivity (Wildman–Crippen MR) is 55.3 cm³/mol. The van der Waals surface area contributed by atoms with Crippen molar-refractivity contribution in [3.63, 3.8) is 0 Å². The highest BCUT2D eigenvalue weighted by atomic mass is 79.9. The van der Waals surface area contributed by atoms with Crippen molar-refractivity contribution in [3.8, 4) is 0 Å². The predicted octanol–water partition coefficient (Wildman–Crippen LogP) is 3.47. The van der Waals surface area contributed by atoms with Crippen molar-refractivity contribution in [3.05, 3.63) is 39.9 Å². The van der Waals surface area contributed by atoms with Gasteiger partial charge in [-0.1, -0.05) is 34.1 Å². The second-order valence-electron chi connectivity index (χ2n) is 2.81. The Balaban J connectivity index is 3.21. The minimum absolute atomic E-state index is 0.0414. The highest BCUT2D eigenvalue weighted by molar-refractivity contribution is 9.10. The molecule has 0 unspecified atom stereocenters. The maximum absolute atomic E-state index is 12.5. The lowest BCUT2D eigenvalue weighted by Gasteiger charge is -2.10. The molecule has 0 bridgehead atoms. The lowest BCUT2D eigenvalue weighted by molar-refractivity contribution is -0.137. The summed E-state index contributed by atoms with van der Waals surface area (Å²) >= 11 is 2.98. The molecule has 1 rings (SSSR count). The monoisotopic (exact) mass is 280 g/mol. The zero-order valence-electron chi connectivity index (χ0n) is 7.55. The van der Waals surface area contributed by atoms with Gasteiger partial charge in [0.05, 0.1) is 12.2 Å². The molecule has 1 aromatic carbocycles. The van der Waals surface area contributed by atoms with E-state index in [1.54, 1.807) is 0 Å². The summed E-state index contributed by atoms with van der Waals surface area (Å²) in [5.41, 5.74) is -0.679. The van der Waals surface area contributed by atoms with Gasteiger partial charge in [-0.3, -0.25) is 0 Å². The number of benzene rings is 1. The Hall–Kier alpha value is -0.810. The topological polar surface area (TPSA) is 20.2 Å². The molecule has 0 aliphatic carbocycles. The highest BCUT2D eigenvalue weighted by Gasteiger charge is 2.32. The average Bonchev–Trinajstić information content (AvgIpc) is 2.14. The van der Waals surface area contributed by atoms with Crippen LogP contribution in [0, 0.1) is 0 Å². The zero-order chi connectivity index (χ0) is 11.5. The third-order valence-corrected chi connectivity index (χ3v) is 2.22. The molecule has 0 saturated heterocycles. The van der Waals surface area contributed by atoms with Crippen molar-refractivity contribution in [1.29, 1.82) is 0 Å². The van der Waals surface area contributed by atoms with E-state index in [1.165, 1.54) is 24.3 Å². The molecular formula is C10H8BrF3O. The highest BCUT2D eigenvalue weighted by Crippen LogP contribution is 2.34. The number of rotatable bonds is 2. The minimum Gasteiger partial charge on any atom is -0.392 e. The van der Waals surface area contributed by atoms with Gasteiger partial charge in [-0.25, -0.2) is 0 Å². The quantitative estimate of drug-likeness (QED) is 0.880. The van der Waals surface area contributed by atoms with E-state index in [1.807, 2.05) is 0 Å². The Kier molecular flexibility index (Phi) is 3.93. The number of halogens is 4. The molecule has 1 aromatic rings. The van der Waals surface area contributed by atoms with Crippen LogP contribution in [-0.2, 0) is 6.18 Å². The number of alkyl halides is 3. The van der Waals surface area contributed by atoms with Gasteiger partial charge in [0.25, 0.3) is 0 Å². The van der Waals surface area contributed by atoms with Crippen LogP contribution in [0.4, 0.5) is 13.2 Å². The Bertz CT molecular complexity index is 371. The molecule has 0 heterocycles. The largest absolute Gasteiger partial charge is 0.417 e. The van der Waals surface area contributed by atoms with Crippen molar-refractivity contribution in [2.45, 2.75) is 6.18 Å². The van der Waals surface area contributed by atoms with E-state index < -0.39 is 11.7 Å². The Morgan fingerprint density at radius 1 is 1.33 bits per heavy atom. The molecule has 0 fully saturated rings. The van der Waals surface area contributed by atoms with Crippen molar-refractivity contribution in [2.24, 2.45) is 0 Å². The summed E-state index contributed by atoms with van der Waals surface area (Å²) in [5.74, 6) is 0. The molecule has 0 amide bonds. The van der Waals surface area contributed by atoms with E-state index in [0.29, 0.717) is 4.47 Å². The van der Waals surface area contributed by atoms with Crippen molar-refractivity contribution in [1.82, 2.24) is 0 Å². The van der Waals surface area contributed by atoms with Gasteiger partial charge in [-0.05, 0) is 17.7 Å². The third kappa shape index (κ3) is 3.35. The van der Waals surface area contributed by atoms with Crippen LogP contribution in [-0.4, -0.2) is 11.7 Å². The van der Waals surface area contributed by atoms with Crippen LogP contribution in [0.15, 0.2) is 28.7 Å². The lowest BCUT2D eigenvalue weighted by Crippen LogP contribution is -2.07. The fraction of sp³-hybridized carbons (Fsp3) is 0.200. The first-order valence-corrected chi connectivity index (χ1v) is 4.88. The molecule has 1 N–H and O–H groups in total. The molecule has 0 atom stereocenters. The second kappa shape index (κ2) is 4.81. The Morgan fingerprint density at radius 3 is 2.53 bits per heavy atom. The molecule has 1 nitrogen and oxygen atoms in total. The first-order chi connectivity index (χ1) is 6.95. The van der Waals surface area contributed by atoms with Gasteiger partial charge < -0.3 is 5.11 Å². The summed E-state index contributed by atoms with van der Waals surface area (Å²) < 4.78 is 38.0. The lowest BCUT2D eigenvalue weighted by atomic mass is 10.1. The van der Waals surface area contributed by atoms with E-state index in [-0.39, 0.29) is 12.2 Å². The van der Waals surface area contributed by atoms with Crippen LogP contribution in [0.2, 0.25) is 0 Å². The summed E-state index contributed by atoms with van der Waals surface area (Å²) in [7, 11) is 0. The van der Waals surface area contributed by atoms with E-state index in [9.17, 15) is 13.2 Å². The average molecular weight is 281 g/mol. The summed E-state index contributed by atoms with van der Waals surface area (Å²) in [5, 5.41) is 8.50. The standard InChI is InChI=1S/C10H8BrF3O/c11-8-4-3-7(2-1-5-15)9(6-8)10(12,13)14/h1-4,6,15H,5H2. The second-order valence-corrected chi connectivity index (χ2v) is 3.73. The molecule has 15 heavy (non-hydrogen) atoms. The van der Waals surface area contributed by atoms with Crippen LogP contribution >= 0.6 is 15.9 Å². The molecule has 0 spiro atoms. The normalized spacial score (nSPS) is 12.3. The van der Waals surface area contributed by atoms with Crippen LogP contribution in [0.3, 0.4) is 0 Å². The molecular weight excluding hydrogens is 273 g/mol. The molecule has 0 saturated carbocycles. The van der Waals surface area contributed by atoms with Crippen LogP contribution in [0.5, 0.6) is 0 Å². The maximum atomic E-state index is 12.5. The summed E-state index contributed by atoms with van der Waals surface area (Å²) in [6, 6.07) is 3.88. The minimum atomic E-state index is -4.39. The van der Waals surface area contributed by atoms with E-state index in [2.05, 4.69) is 15.9 Å². The van der Waals surface area contributed by atoms with Gasteiger partial charge in [-0.2, -0.15) is 13.2 Å². The fourth-order valence-electron chi connectivity index (χ4n) is 1.10. The molecule has 0 radical (unpaired) electrons. The van der Waals surface area contributed by atoms with Crippen LogP contribution in [0.1, 0.15) is 11.1 Å². The van der Waals surface area contributed by atoms with E-state index in [0.717, 1.165) is 6.07 Å². The van der Waals surface area contributed by atoms with Crippen LogP contribution < -0.4 is 0 Å². The summed E-state index contributed by atoms with van der Waals surface area (Å²) in [4.78, 5) is 0. The first kappa shape index (κ1) is 12.3. The zero-order valence-corrected chi connectivity index (χ0v) is 9.14. The van der Waals surface area contributed by atoms with Crippen molar-refractivity contribution < 1.29 is 18.3 Å². The van der Waals surface area contributed by atoms with Gasteiger partial charge in [-0.15, -0.1) is 0 Å². The third-order valence-electron chi connectivity index (χ3n) is 1.72.